The Morgan fingerprint density at radius 1 is 1.00 bits per heavy atom. The van der Waals surface area contributed by atoms with Crippen molar-refractivity contribution in [2.24, 2.45) is 0 Å². The van der Waals surface area contributed by atoms with E-state index in [1.54, 1.807) is 33.6 Å². The second-order valence-corrected chi connectivity index (χ2v) is 12.1. The highest BCUT2D eigenvalue weighted by Gasteiger charge is 2.28. The Morgan fingerprint density at radius 3 is 2.30 bits per heavy atom. The van der Waals surface area contributed by atoms with Gasteiger partial charge in [-0.1, -0.05) is 0 Å². The van der Waals surface area contributed by atoms with Gasteiger partial charge in [-0.2, -0.15) is 0 Å². The Kier molecular flexibility index (Phi) is 8.33. The number of anilines is 1. The average Bonchev–Trinajstić information content (AvgIpc) is 3.25. The summed E-state index contributed by atoms with van der Waals surface area (Å²) in [5.41, 5.74) is 2.14. The fourth-order valence-corrected chi connectivity index (χ4v) is 7.78. The van der Waals surface area contributed by atoms with E-state index < -0.39 is 9.84 Å². The molecule has 1 saturated heterocycles. The molecule has 1 atom stereocenters. The fraction of sp³-hybridized carbons (Fsp3) is 0.385. The lowest BCUT2D eigenvalue weighted by atomic mass is 10.0. The molecule has 1 aromatic heterocycles. The molecule has 0 spiro atoms. The van der Waals surface area contributed by atoms with Crippen LogP contribution in [0.1, 0.15) is 17.7 Å². The molecule has 198 valence electrons. The normalized spacial score (nSPS) is 16.4. The minimum absolute atomic E-state index is 0.0625. The van der Waals surface area contributed by atoms with Gasteiger partial charge in [-0.15, -0.1) is 11.8 Å². The SMILES string of the molecule is COc1cc(Cc2nccc3cc(OC)c(OC)cc23)c(NC(=O)CSC2CCS(=O)(=O)C2)cc1OC. The molecule has 9 nitrogen and oxygen atoms in total. The first-order valence-corrected chi connectivity index (χ1v) is 14.5. The van der Waals surface area contributed by atoms with Crippen molar-refractivity contribution >= 4 is 44.0 Å². The molecule has 2 aromatic carbocycles. The Labute approximate surface area is 220 Å². The first kappa shape index (κ1) is 26.9. The Hall–Kier alpha value is -3.18. The van der Waals surface area contributed by atoms with Gasteiger partial charge in [0.1, 0.15) is 0 Å². The van der Waals surface area contributed by atoms with Gasteiger partial charge >= 0.3 is 0 Å². The van der Waals surface area contributed by atoms with E-state index in [1.807, 2.05) is 24.3 Å². The van der Waals surface area contributed by atoms with Gasteiger partial charge in [-0.05, 0) is 41.6 Å². The van der Waals surface area contributed by atoms with E-state index in [9.17, 15) is 13.2 Å². The van der Waals surface area contributed by atoms with Crippen LogP contribution in [0.15, 0.2) is 36.5 Å². The number of aromatic nitrogens is 1. The van der Waals surface area contributed by atoms with Crippen molar-refractivity contribution in [3.05, 3.63) is 47.8 Å². The smallest absolute Gasteiger partial charge is 0.234 e. The van der Waals surface area contributed by atoms with Gasteiger partial charge in [-0.3, -0.25) is 9.78 Å². The van der Waals surface area contributed by atoms with E-state index in [1.165, 1.54) is 18.9 Å². The summed E-state index contributed by atoms with van der Waals surface area (Å²) in [5.74, 6) is 2.45. The number of hydrogen-bond donors (Lipinski definition) is 1. The van der Waals surface area contributed by atoms with Crippen LogP contribution in [0.3, 0.4) is 0 Å². The zero-order chi connectivity index (χ0) is 26.6. The van der Waals surface area contributed by atoms with Gasteiger partial charge in [0.05, 0.1) is 51.4 Å². The number of nitrogens with zero attached hydrogens (tertiary/aromatic N) is 1. The predicted octanol–water partition coefficient (Wildman–Crippen LogP) is 3.72. The molecule has 1 amide bonds. The average molecular weight is 547 g/mol. The largest absolute Gasteiger partial charge is 0.493 e. The van der Waals surface area contributed by atoms with Crippen molar-refractivity contribution < 1.29 is 32.2 Å². The van der Waals surface area contributed by atoms with Crippen LogP contribution in [0.4, 0.5) is 5.69 Å². The molecule has 0 bridgehead atoms. The lowest BCUT2D eigenvalue weighted by Gasteiger charge is -2.17. The van der Waals surface area contributed by atoms with Crippen molar-refractivity contribution in [2.45, 2.75) is 18.1 Å². The fourth-order valence-electron chi connectivity index (χ4n) is 4.34. The van der Waals surface area contributed by atoms with E-state index >= 15 is 0 Å². The van der Waals surface area contributed by atoms with Gasteiger partial charge in [0, 0.05) is 35.0 Å². The zero-order valence-corrected chi connectivity index (χ0v) is 22.8. The van der Waals surface area contributed by atoms with Crippen LogP contribution in [-0.2, 0) is 21.1 Å². The molecule has 0 radical (unpaired) electrons. The maximum atomic E-state index is 12.9. The zero-order valence-electron chi connectivity index (χ0n) is 21.2. The van der Waals surface area contributed by atoms with Crippen LogP contribution in [0.25, 0.3) is 10.8 Å². The quantitative estimate of drug-likeness (QED) is 0.406. The van der Waals surface area contributed by atoms with Crippen LogP contribution >= 0.6 is 11.8 Å². The maximum absolute atomic E-state index is 12.9. The minimum Gasteiger partial charge on any atom is -0.493 e. The molecule has 37 heavy (non-hydrogen) atoms. The highest BCUT2D eigenvalue weighted by molar-refractivity contribution is 8.02. The van der Waals surface area contributed by atoms with E-state index in [-0.39, 0.29) is 28.4 Å². The molecular weight excluding hydrogens is 516 g/mol. The second kappa shape index (κ2) is 11.5. The van der Waals surface area contributed by atoms with E-state index in [4.69, 9.17) is 18.9 Å². The van der Waals surface area contributed by atoms with E-state index in [0.29, 0.717) is 41.5 Å². The predicted molar refractivity (Wildman–Crippen MR) is 145 cm³/mol. The van der Waals surface area contributed by atoms with Crippen molar-refractivity contribution in [3.63, 3.8) is 0 Å². The Bertz CT molecular complexity index is 1410. The molecule has 1 fully saturated rings. The number of thioether (sulfide) groups is 1. The summed E-state index contributed by atoms with van der Waals surface area (Å²) in [5, 5.41) is 4.75. The molecule has 0 aliphatic carbocycles. The highest BCUT2D eigenvalue weighted by Crippen LogP contribution is 2.37. The van der Waals surface area contributed by atoms with Crippen molar-refractivity contribution in [1.82, 2.24) is 4.98 Å². The summed E-state index contributed by atoms with van der Waals surface area (Å²) in [7, 11) is 3.27. The molecular formula is C26H30N2O7S2. The number of fused-ring (bicyclic) bond motifs is 1. The maximum Gasteiger partial charge on any atom is 0.234 e. The van der Waals surface area contributed by atoms with Gasteiger partial charge < -0.3 is 24.3 Å². The van der Waals surface area contributed by atoms with Gasteiger partial charge in [0.15, 0.2) is 32.8 Å². The van der Waals surface area contributed by atoms with Crippen LogP contribution in [0, 0.1) is 0 Å². The van der Waals surface area contributed by atoms with Crippen molar-refractivity contribution in [2.75, 3.05) is 51.0 Å². The standard InChI is InChI=1S/C26H30N2O7S2/c1-32-22-10-16-5-7-27-21(19(16)12-24(22)34-3)9-17-11-23(33-2)25(35-4)13-20(17)28-26(29)14-36-18-6-8-37(30,31)15-18/h5,7,10-13,18H,6,8-9,14-15H2,1-4H3,(H,28,29). The number of methoxy groups -OCH3 is 4. The van der Waals surface area contributed by atoms with Crippen LogP contribution < -0.4 is 24.3 Å². The summed E-state index contributed by atoms with van der Waals surface area (Å²) in [6, 6.07) is 9.25. The topological polar surface area (TPSA) is 113 Å². The number of amides is 1. The van der Waals surface area contributed by atoms with Gasteiger partial charge in [0.25, 0.3) is 0 Å². The summed E-state index contributed by atoms with van der Waals surface area (Å²) >= 11 is 1.37. The summed E-state index contributed by atoms with van der Waals surface area (Å²) in [6.07, 6.45) is 2.70. The van der Waals surface area contributed by atoms with Crippen molar-refractivity contribution in [3.8, 4) is 23.0 Å². The third-order valence-corrected chi connectivity index (χ3v) is 9.51. The lowest BCUT2D eigenvalue weighted by Crippen LogP contribution is -2.18. The number of benzene rings is 2. The number of sulfone groups is 1. The van der Waals surface area contributed by atoms with Crippen molar-refractivity contribution in [1.29, 1.82) is 0 Å². The third-order valence-electron chi connectivity index (χ3n) is 6.23. The number of carbonyl (C=O) groups excluding carboxylic acids is 1. The van der Waals surface area contributed by atoms with E-state index in [2.05, 4.69) is 10.3 Å². The number of carbonyl (C=O) groups is 1. The Morgan fingerprint density at radius 2 is 1.65 bits per heavy atom. The molecule has 3 aromatic rings. The number of hydrogen-bond acceptors (Lipinski definition) is 9. The van der Waals surface area contributed by atoms with Crippen LogP contribution in [-0.4, -0.2) is 70.3 Å². The lowest BCUT2D eigenvalue weighted by molar-refractivity contribution is -0.113. The van der Waals surface area contributed by atoms with Crippen LogP contribution in [0.2, 0.25) is 0 Å². The Balaban J connectivity index is 1.63. The first-order valence-electron chi connectivity index (χ1n) is 11.6. The molecule has 1 unspecified atom stereocenters. The molecule has 1 aliphatic heterocycles. The second-order valence-electron chi connectivity index (χ2n) is 8.61. The number of ether oxygens (including phenoxy) is 4. The highest BCUT2D eigenvalue weighted by atomic mass is 32.2. The number of pyridine rings is 1. The molecule has 2 heterocycles. The van der Waals surface area contributed by atoms with Gasteiger partial charge in [0.2, 0.25) is 5.91 Å². The summed E-state index contributed by atoms with van der Waals surface area (Å²) in [4.78, 5) is 17.5. The number of nitrogens with one attached hydrogen (secondary N) is 1. The molecule has 1 N–H and O–H groups in total. The van der Waals surface area contributed by atoms with Gasteiger partial charge in [-0.25, -0.2) is 8.42 Å². The molecule has 0 saturated carbocycles. The monoisotopic (exact) mass is 546 g/mol. The van der Waals surface area contributed by atoms with E-state index in [0.717, 1.165) is 22.0 Å². The molecule has 4 rings (SSSR count). The number of rotatable bonds is 10. The molecule has 1 aliphatic rings. The minimum atomic E-state index is -2.99. The first-order chi connectivity index (χ1) is 17.8. The summed E-state index contributed by atoms with van der Waals surface area (Å²) in [6.45, 7) is 0. The van der Waals surface area contributed by atoms with Crippen LogP contribution in [0.5, 0.6) is 23.0 Å². The molecule has 11 heteroatoms. The summed E-state index contributed by atoms with van der Waals surface area (Å²) < 4.78 is 45.4. The third kappa shape index (κ3) is 6.22.